The van der Waals surface area contributed by atoms with Gasteiger partial charge in [-0.15, -0.1) is 0 Å². The summed E-state index contributed by atoms with van der Waals surface area (Å²) in [4.78, 5) is 30.1. The Bertz CT molecular complexity index is 1450. The number of rotatable bonds is 7. The Hall–Kier alpha value is -3.58. The molecule has 2 unspecified atom stereocenters. The van der Waals surface area contributed by atoms with Crippen molar-refractivity contribution in [2.24, 2.45) is 17.8 Å². The van der Waals surface area contributed by atoms with Gasteiger partial charge in [-0.25, -0.2) is 18.3 Å². The van der Waals surface area contributed by atoms with E-state index >= 15 is 0 Å². The van der Waals surface area contributed by atoms with Gasteiger partial charge in [-0.2, -0.15) is 18.3 Å². The van der Waals surface area contributed by atoms with Crippen LogP contribution in [-0.4, -0.2) is 50.2 Å². The summed E-state index contributed by atoms with van der Waals surface area (Å²) in [5.41, 5.74) is 1.91. The third-order valence-electron chi connectivity index (χ3n) is 8.34. The molecule has 3 aliphatic rings. The minimum atomic E-state index is -4.41. The molecule has 3 aromatic heterocycles. The van der Waals surface area contributed by atoms with Crippen molar-refractivity contribution in [2.75, 3.05) is 6.54 Å². The fraction of sp³-hybridized carbons (Fsp3) is 0.593. The third kappa shape index (κ3) is 5.91. The van der Waals surface area contributed by atoms with Gasteiger partial charge in [-0.05, 0) is 50.2 Å². The molecule has 0 aromatic carbocycles. The zero-order valence-corrected chi connectivity index (χ0v) is 22.0. The second kappa shape index (κ2) is 10.4. The number of carbonyl (C=O) groups is 2. The quantitative estimate of drug-likeness (QED) is 0.390. The number of carbonyl (C=O) groups excluding carboxylic acids is 2. The molecule has 9 nitrogen and oxygen atoms in total. The fourth-order valence-corrected chi connectivity index (χ4v) is 5.99. The molecule has 1 aliphatic heterocycles. The maximum Gasteiger partial charge on any atom is 0.393 e. The number of aromatic nitrogens is 4. The van der Waals surface area contributed by atoms with E-state index in [0.29, 0.717) is 35.6 Å². The molecule has 3 fully saturated rings. The zero-order chi connectivity index (χ0) is 28.9. The molecule has 2 saturated carbocycles. The second-order valence-electron chi connectivity index (χ2n) is 11.5. The van der Waals surface area contributed by atoms with Crippen LogP contribution in [0.1, 0.15) is 84.3 Å². The SMILES string of the molecule is O=C(NC(c1cn2nc(CC3C[C@H](C(F)(F)F)CNC3=O)ccc2n1)[C@@H]1CCCC(F)(F)C1)c1conc1C1CC1. The molecular formula is C27H29F5N6O3. The smallest absolute Gasteiger partial charge is 0.364 e. The molecule has 2 amide bonds. The molecule has 0 spiro atoms. The lowest BCUT2D eigenvalue weighted by atomic mass is 9.80. The van der Waals surface area contributed by atoms with E-state index in [9.17, 15) is 31.5 Å². The molecule has 3 aromatic rings. The van der Waals surface area contributed by atoms with Crippen molar-refractivity contribution < 1.29 is 36.1 Å². The van der Waals surface area contributed by atoms with E-state index in [1.807, 2.05) is 0 Å². The van der Waals surface area contributed by atoms with Gasteiger partial charge in [0, 0.05) is 37.6 Å². The minimum absolute atomic E-state index is 0.00564. The Morgan fingerprint density at radius 3 is 2.78 bits per heavy atom. The minimum Gasteiger partial charge on any atom is -0.364 e. The maximum absolute atomic E-state index is 14.5. The number of nitrogens with one attached hydrogen (secondary N) is 2. The van der Waals surface area contributed by atoms with Gasteiger partial charge in [0.2, 0.25) is 11.8 Å². The highest BCUT2D eigenvalue weighted by Gasteiger charge is 2.45. The standard InChI is InChI=1S/C27H29F5N6O3/c28-26(29)7-1-2-15(10-26)23(35-25(40)19-13-41-37-22(19)14-3-4-14)20-12-38-21(34-20)6-5-18(36-38)9-16-8-17(27(30,31)32)11-33-24(16)39/h5-6,12-17,23H,1-4,7-11H2,(H,33,39)(H,35,40)/t15-,16?,17+,23?/m1/s1. The van der Waals surface area contributed by atoms with Gasteiger partial charge >= 0.3 is 6.18 Å². The molecule has 2 N–H and O–H groups in total. The van der Waals surface area contributed by atoms with E-state index in [2.05, 4.69) is 25.9 Å². The third-order valence-corrected chi connectivity index (χ3v) is 8.34. The summed E-state index contributed by atoms with van der Waals surface area (Å²) in [6, 6.07) is 2.34. The lowest BCUT2D eigenvalue weighted by Crippen LogP contribution is -2.47. The van der Waals surface area contributed by atoms with Gasteiger partial charge < -0.3 is 15.2 Å². The zero-order valence-electron chi connectivity index (χ0n) is 22.0. The number of nitrogens with zero attached hydrogens (tertiary/aromatic N) is 4. The summed E-state index contributed by atoms with van der Waals surface area (Å²) in [6.45, 7) is -0.444. The Balaban J connectivity index is 1.26. The van der Waals surface area contributed by atoms with Crippen LogP contribution >= 0.6 is 0 Å². The van der Waals surface area contributed by atoms with Crippen LogP contribution in [-0.2, 0) is 11.2 Å². The molecule has 4 heterocycles. The number of hydrogen-bond donors (Lipinski definition) is 2. The second-order valence-corrected chi connectivity index (χ2v) is 11.5. The van der Waals surface area contributed by atoms with Crippen LogP contribution < -0.4 is 10.6 Å². The summed E-state index contributed by atoms with van der Waals surface area (Å²) in [5, 5.41) is 13.6. The first-order valence-electron chi connectivity index (χ1n) is 13.8. The van der Waals surface area contributed by atoms with E-state index in [-0.39, 0.29) is 30.7 Å². The van der Waals surface area contributed by atoms with Crippen molar-refractivity contribution in [3.8, 4) is 0 Å². The van der Waals surface area contributed by atoms with Crippen LogP contribution in [0.15, 0.2) is 29.1 Å². The Kier molecular flexibility index (Phi) is 6.97. The lowest BCUT2D eigenvalue weighted by molar-refractivity contribution is -0.183. The maximum atomic E-state index is 14.5. The Morgan fingerprint density at radius 2 is 2.05 bits per heavy atom. The van der Waals surface area contributed by atoms with Crippen LogP contribution in [0.5, 0.6) is 0 Å². The summed E-state index contributed by atoms with van der Waals surface area (Å²) in [6.07, 6.45) is -0.0499. The number of fused-ring (bicyclic) bond motifs is 1. The average molecular weight is 581 g/mol. The van der Waals surface area contributed by atoms with E-state index in [1.165, 1.54) is 17.0 Å². The summed E-state index contributed by atoms with van der Waals surface area (Å²) < 4.78 is 75.1. The van der Waals surface area contributed by atoms with E-state index in [0.717, 1.165) is 12.8 Å². The predicted octanol–water partition coefficient (Wildman–Crippen LogP) is 4.75. The van der Waals surface area contributed by atoms with Crippen molar-refractivity contribution in [1.82, 2.24) is 30.4 Å². The topological polar surface area (TPSA) is 114 Å². The summed E-state index contributed by atoms with van der Waals surface area (Å²) in [5.74, 6) is -6.80. The van der Waals surface area contributed by atoms with Crippen LogP contribution in [0.25, 0.3) is 5.65 Å². The van der Waals surface area contributed by atoms with Crippen molar-refractivity contribution in [1.29, 1.82) is 0 Å². The number of imidazole rings is 1. The van der Waals surface area contributed by atoms with E-state index < -0.39 is 60.7 Å². The molecule has 6 rings (SSSR count). The highest BCUT2D eigenvalue weighted by atomic mass is 19.4. The van der Waals surface area contributed by atoms with Gasteiger partial charge in [0.05, 0.1) is 35.2 Å². The first-order valence-corrected chi connectivity index (χ1v) is 13.8. The summed E-state index contributed by atoms with van der Waals surface area (Å²) in [7, 11) is 0. The van der Waals surface area contributed by atoms with E-state index in [4.69, 9.17) is 4.52 Å². The number of amides is 2. The normalized spacial score (nSPS) is 25.6. The van der Waals surface area contributed by atoms with Crippen molar-refractivity contribution in [2.45, 2.75) is 75.4 Å². The number of halogens is 5. The molecular weight excluding hydrogens is 551 g/mol. The molecule has 1 saturated heterocycles. The largest absolute Gasteiger partial charge is 0.393 e. The van der Waals surface area contributed by atoms with Crippen molar-refractivity contribution in [3.63, 3.8) is 0 Å². The van der Waals surface area contributed by atoms with Crippen molar-refractivity contribution >= 4 is 17.5 Å². The van der Waals surface area contributed by atoms with E-state index in [1.54, 1.807) is 12.1 Å². The first-order chi connectivity index (χ1) is 19.5. The molecule has 0 radical (unpaired) electrons. The summed E-state index contributed by atoms with van der Waals surface area (Å²) >= 11 is 0. The molecule has 41 heavy (non-hydrogen) atoms. The van der Waals surface area contributed by atoms with Gasteiger partial charge in [-0.1, -0.05) is 5.16 Å². The van der Waals surface area contributed by atoms with Gasteiger partial charge in [0.1, 0.15) is 11.8 Å². The average Bonchev–Trinajstić information content (AvgIpc) is 3.47. The highest BCUT2D eigenvalue weighted by Crippen LogP contribution is 2.43. The molecule has 2 aliphatic carbocycles. The highest BCUT2D eigenvalue weighted by molar-refractivity contribution is 5.95. The Morgan fingerprint density at radius 1 is 1.24 bits per heavy atom. The lowest BCUT2D eigenvalue weighted by Gasteiger charge is -2.34. The molecule has 4 atom stereocenters. The monoisotopic (exact) mass is 580 g/mol. The number of alkyl halides is 5. The van der Waals surface area contributed by atoms with Crippen LogP contribution in [0.4, 0.5) is 22.0 Å². The van der Waals surface area contributed by atoms with Crippen LogP contribution in [0, 0.1) is 17.8 Å². The van der Waals surface area contributed by atoms with Crippen LogP contribution in [0.3, 0.4) is 0 Å². The van der Waals surface area contributed by atoms with Gasteiger partial charge in [0.25, 0.3) is 5.91 Å². The van der Waals surface area contributed by atoms with Crippen molar-refractivity contribution in [3.05, 3.63) is 47.2 Å². The molecule has 220 valence electrons. The van der Waals surface area contributed by atoms with Gasteiger partial charge in [-0.3, -0.25) is 9.59 Å². The number of hydrogen-bond acceptors (Lipinski definition) is 6. The Labute approximate surface area is 231 Å². The number of piperidine rings is 1. The predicted molar refractivity (Wildman–Crippen MR) is 133 cm³/mol. The van der Waals surface area contributed by atoms with Crippen LogP contribution in [0.2, 0.25) is 0 Å². The molecule has 0 bridgehead atoms. The first kappa shape index (κ1) is 27.6. The van der Waals surface area contributed by atoms with Gasteiger partial charge in [0.15, 0.2) is 5.65 Å². The molecule has 14 heteroatoms. The fourth-order valence-electron chi connectivity index (χ4n) is 5.99.